The third-order valence-corrected chi connectivity index (χ3v) is 4.81. The van der Waals surface area contributed by atoms with E-state index in [4.69, 9.17) is 0 Å². The summed E-state index contributed by atoms with van der Waals surface area (Å²) in [6, 6.07) is 5.00. The lowest BCUT2D eigenvalue weighted by atomic mass is 10.2. The average Bonchev–Trinajstić information content (AvgIpc) is 2.50. The molecule has 108 valence electrons. The van der Waals surface area contributed by atoms with E-state index in [1.807, 2.05) is 13.8 Å². The fraction of sp³-hybridized carbons (Fsp3) is 0.308. The van der Waals surface area contributed by atoms with Crippen molar-refractivity contribution in [2.75, 3.05) is 28.0 Å². The Kier molecular flexibility index (Phi) is 3.47. The monoisotopic (exact) mass is 295 g/mol. The van der Waals surface area contributed by atoms with E-state index in [0.29, 0.717) is 17.1 Å². The normalized spacial score (nSPS) is 15.8. The van der Waals surface area contributed by atoms with Gasteiger partial charge in [0.15, 0.2) is 0 Å². The number of hydrogen-bond donors (Lipinski definition) is 1. The van der Waals surface area contributed by atoms with Crippen molar-refractivity contribution in [2.24, 2.45) is 0 Å². The van der Waals surface area contributed by atoms with Crippen molar-refractivity contribution >= 4 is 33.2 Å². The number of nitrogens with one attached hydrogen (secondary N) is 1. The van der Waals surface area contributed by atoms with E-state index >= 15 is 0 Å². The quantitative estimate of drug-likeness (QED) is 0.845. The molecule has 0 bridgehead atoms. The summed E-state index contributed by atoms with van der Waals surface area (Å²) in [7, 11) is -0.500. The maximum absolute atomic E-state index is 12.0. The number of anilines is 3. The predicted molar refractivity (Wildman–Crippen MR) is 80.2 cm³/mol. The largest absolute Gasteiger partial charge is 0.326 e. The third kappa shape index (κ3) is 2.36. The van der Waals surface area contributed by atoms with Gasteiger partial charge in [0.2, 0.25) is 5.91 Å². The van der Waals surface area contributed by atoms with Gasteiger partial charge in [-0.2, -0.15) is 8.42 Å². The Labute approximate surface area is 118 Å². The maximum atomic E-state index is 12.0. The molecule has 6 nitrogen and oxygen atoms in total. The zero-order chi connectivity index (χ0) is 15.1. The first-order chi connectivity index (χ1) is 9.23. The lowest BCUT2D eigenvalue weighted by Gasteiger charge is -2.13. The summed E-state index contributed by atoms with van der Waals surface area (Å²) < 4.78 is 26.4. The highest BCUT2D eigenvalue weighted by Crippen LogP contribution is 2.40. The summed E-state index contributed by atoms with van der Waals surface area (Å²) in [6.45, 7) is 3.66. The number of allylic oxidation sites excluding steroid dienone is 1. The predicted octanol–water partition coefficient (Wildman–Crippen LogP) is 1.72. The Morgan fingerprint density at radius 2 is 1.75 bits per heavy atom. The minimum atomic E-state index is -3.49. The molecule has 1 aromatic carbocycles. The van der Waals surface area contributed by atoms with Crippen LogP contribution in [0.25, 0.3) is 0 Å². The van der Waals surface area contributed by atoms with E-state index in [9.17, 15) is 13.2 Å². The summed E-state index contributed by atoms with van der Waals surface area (Å²) in [5.41, 5.74) is 2.59. The number of benzene rings is 1. The highest BCUT2D eigenvalue weighted by Gasteiger charge is 2.35. The second kappa shape index (κ2) is 4.82. The van der Waals surface area contributed by atoms with Crippen molar-refractivity contribution in [3.63, 3.8) is 0 Å². The zero-order valence-corrected chi connectivity index (χ0v) is 12.7. The smallest absolute Gasteiger partial charge is 0.322 e. The summed E-state index contributed by atoms with van der Waals surface area (Å²) >= 11 is 0. The molecule has 0 fully saturated rings. The van der Waals surface area contributed by atoms with Crippen molar-refractivity contribution in [2.45, 2.75) is 13.8 Å². The van der Waals surface area contributed by atoms with Gasteiger partial charge in [-0.1, -0.05) is 5.57 Å². The number of fused-ring (bicyclic) bond motifs is 1. The molecule has 1 aromatic rings. The standard InChI is InChI=1S/C13H17N3O3S/c1-9(2)7-13(17)14-10-5-6-11-12(8-10)16(4)20(18,19)15(11)3/h5-8H,1-4H3,(H,14,17). The molecule has 0 saturated heterocycles. The second-order valence-electron chi connectivity index (χ2n) is 4.86. The molecule has 0 aliphatic carbocycles. The summed E-state index contributed by atoms with van der Waals surface area (Å²) in [4.78, 5) is 11.7. The lowest BCUT2D eigenvalue weighted by Crippen LogP contribution is -2.32. The molecule has 1 heterocycles. The number of hydrogen-bond acceptors (Lipinski definition) is 3. The molecule has 7 heteroatoms. The van der Waals surface area contributed by atoms with E-state index in [2.05, 4.69) is 5.32 Å². The van der Waals surface area contributed by atoms with Crippen LogP contribution in [0, 0.1) is 0 Å². The average molecular weight is 295 g/mol. The van der Waals surface area contributed by atoms with Crippen LogP contribution < -0.4 is 13.9 Å². The summed E-state index contributed by atoms with van der Waals surface area (Å²) in [5, 5.41) is 2.71. The first-order valence-corrected chi connectivity index (χ1v) is 7.46. The van der Waals surface area contributed by atoms with E-state index in [1.54, 1.807) is 18.2 Å². The van der Waals surface area contributed by atoms with Crippen LogP contribution in [-0.4, -0.2) is 28.4 Å². The van der Waals surface area contributed by atoms with Crippen molar-refractivity contribution < 1.29 is 13.2 Å². The highest BCUT2D eigenvalue weighted by atomic mass is 32.2. The number of amides is 1. The minimum absolute atomic E-state index is 0.234. The fourth-order valence-corrected chi connectivity index (χ4v) is 3.16. The van der Waals surface area contributed by atoms with Crippen LogP contribution in [0.1, 0.15) is 13.8 Å². The van der Waals surface area contributed by atoms with Crippen LogP contribution in [-0.2, 0) is 15.0 Å². The van der Waals surface area contributed by atoms with Crippen molar-refractivity contribution in [1.82, 2.24) is 0 Å². The molecule has 0 saturated carbocycles. The van der Waals surface area contributed by atoms with Crippen LogP contribution >= 0.6 is 0 Å². The topological polar surface area (TPSA) is 69.7 Å². The molecule has 1 aliphatic rings. The molecule has 20 heavy (non-hydrogen) atoms. The summed E-state index contributed by atoms with van der Waals surface area (Å²) in [6.07, 6.45) is 1.49. The Morgan fingerprint density at radius 3 is 2.35 bits per heavy atom. The van der Waals surface area contributed by atoms with Crippen LogP contribution in [0.2, 0.25) is 0 Å². The SMILES string of the molecule is CC(C)=CC(=O)Nc1ccc2c(c1)N(C)S(=O)(=O)N2C. The zero-order valence-electron chi connectivity index (χ0n) is 11.8. The Morgan fingerprint density at radius 1 is 1.15 bits per heavy atom. The Balaban J connectivity index is 2.34. The summed E-state index contributed by atoms with van der Waals surface area (Å²) in [5.74, 6) is -0.234. The van der Waals surface area contributed by atoms with E-state index in [1.165, 1.54) is 28.8 Å². The van der Waals surface area contributed by atoms with Gasteiger partial charge in [0, 0.05) is 25.9 Å². The number of carbonyl (C=O) groups is 1. The fourth-order valence-electron chi connectivity index (χ4n) is 1.99. The first-order valence-electron chi connectivity index (χ1n) is 6.06. The van der Waals surface area contributed by atoms with Crippen LogP contribution in [0.3, 0.4) is 0 Å². The maximum Gasteiger partial charge on any atom is 0.326 e. The van der Waals surface area contributed by atoms with Gasteiger partial charge in [-0.25, -0.2) is 0 Å². The van der Waals surface area contributed by atoms with Crippen LogP contribution in [0.5, 0.6) is 0 Å². The lowest BCUT2D eigenvalue weighted by molar-refractivity contribution is -0.111. The van der Waals surface area contributed by atoms with Gasteiger partial charge in [-0.05, 0) is 32.0 Å². The van der Waals surface area contributed by atoms with Gasteiger partial charge in [-0.15, -0.1) is 0 Å². The van der Waals surface area contributed by atoms with Gasteiger partial charge >= 0.3 is 10.2 Å². The molecule has 0 radical (unpaired) electrons. The molecule has 0 unspecified atom stereocenters. The molecular formula is C13H17N3O3S. The molecule has 1 N–H and O–H groups in total. The van der Waals surface area contributed by atoms with Crippen molar-refractivity contribution in [1.29, 1.82) is 0 Å². The van der Waals surface area contributed by atoms with E-state index < -0.39 is 10.2 Å². The molecule has 0 atom stereocenters. The minimum Gasteiger partial charge on any atom is -0.322 e. The van der Waals surface area contributed by atoms with Crippen molar-refractivity contribution in [3.05, 3.63) is 29.8 Å². The van der Waals surface area contributed by atoms with E-state index in [-0.39, 0.29) is 5.91 Å². The molecule has 1 aliphatic heterocycles. The highest BCUT2D eigenvalue weighted by molar-refractivity contribution is 7.94. The van der Waals surface area contributed by atoms with Gasteiger partial charge in [-0.3, -0.25) is 13.4 Å². The number of nitrogens with zero attached hydrogens (tertiary/aromatic N) is 2. The van der Waals surface area contributed by atoms with Gasteiger partial charge in [0.05, 0.1) is 11.4 Å². The number of carbonyl (C=O) groups excluding carboxylic acids is 1. The van der Waals surface area contributed by atoms with Crippen molar-refractivity contribution in [3.8, 4) is 0 Å². The molecule has 1 amide bonds. The number of rotatable bonds is 2. The molecule has 0 spiro atoms. The van der Waals surface area contributed by atoms with Crippen LogP contribution in [0.15, 0.2) is 29.8 Å². The Hall–Kier alpha value is -2.02. The van der Waals surface area contributed by atoms with Gasteiger partial charge < -0.3 is 5.32 Å². The first kappa shape index (κ1) is 14.4. The van der Waals surface area contributed by atoms with Gasteiger partial charge in [0.25, 0.3) is 0 Å². The third-order valence-electron chi connectivity index (χ3n) is 3.03. The molecule has 0 aromatic heterocycles. The molecular weight excluding hydrogens is 278 g/mol. The van der Waals surface area contributed by atoms with Crippen LogP contribution in [0.4, 0.5) is 17.1 Å². The van der Waals surface area contributed by atoms with Gasteiger partial charge in [0.1, 0.15) is 0 Å². The molecule has 2 rings (SSSR count). The second-order valence-corrected chi connectivity index (χ2v) is 6.85. The van der Waals surface area contributed by atoms with E-state index in [0.717, 1.165) is 5.57 Å². The Bertz CT molecular complexity index is 691.